The molecular weight excluding hydrogens is 248 g/mol. The van der Waals surface area contributed by atoms with Gasteiger partial charge in [0.15, 0.2) is 0 Å². The van der Waals surface area contributed by atoms with Crippen LogP contribution in [0.1, 0.15) is 27.0 Å². The molecule has 2 rings (SSSR count). The monoisotopic (exact) mass is 268 g/mol. The van der Waals surface area contributed by atoms with Gasteiger partial charge in [0.05, 0.1) is 5.56 Å². The Morgan fingerprint density at radius 1 is 1.05 bits per heavy atom. The molecule has 0 aliphatic rings. The van der Waals surface area contributed by atoms with Gasteiger partial charge >= 0.3 is 0 Å². The van der Waals surface area contributed by atoms with Gasteiger partial charge in [-0.3, -0.25) is 4.79 Å². The Kier molecular flexibility index (Phi) is 3.79. The van der Waals surface area contributed by atoms with Gasteiger partial charge in [-0.15, -0.1) is 0 Å². The SMILES string of the molecule is Cc1cc(C)cc(N(C)C(=O)c2c(C)cccc2N)c1. The molecule has 3 heteroatoms. The highest BCUT2D eigenvalue weighted by atomic mass is 16.2. The second kappa shape index (κ2) is 5.37. The summed E-state index contributed by atoms with van der Waals surface area (Å²) in [4.78, 5) is 14.3. The Hall–Kier alpha value is -2.29. The Morgan fingerprint density at radius 3 is 2.20 bits per heavy atom. The Balaban J connectivity index is 2.42. The normalized spacial score (nSPS) is 10.4. The third-order valence-corrected chi connectivity index (χ3v) is 3.42. The molecule has 0 radical (unpaired) electrons. The lowest BCUT2D eigenvalue weighted by molar-refractivity contribution is 0.0993. The standard InChI is InChI=1S/C17H20N2O/c1-11-8-12(2)10-14(9-11)19(4)17(20)16-13(3)6-5-7-15(16)18/h5-10H,18H2,1-4H3. The topological polar surface area (TPSA) is 46.3 Å². The minimum absolute atomic E-state index is 0.0781. The maximum atomic E-state index is 12.7. The molecular formula is C17H20N2O. The molecule has 0 atom stereocenters. The first-order valence-corrected chi connectivity index (χ1v) is 6.61. The molecule has 0 aromatic heterocycles. The van der Waals surface area contributed by atoms with Gasteiger partial charge in [-0.1, -0.05) is 18.2 Å². The largest absolute Gasteiger partial charge is 0.398 e. The highest BCUT2D eigenvalue weighted by molar-refractivity contribution is 6.10. The number of carbonyl (C=O) groups is 1. The summed E-state index contributed by atoms with van der Waals surface area (Å²) in [5.74, 6) is -0.0781. The van der Waals surface area contributed by atoms with Gasteiger partial charge in [0.2, 0.25) is 0 Å². The van der Waals surface area contributed by atoms with Crippen LogP contribution in [0.25, 0.3) is 0 Å². The van der Waals surface area contributed by atoms with E-state index in [-0.39, 0.29) is 5.91 Å². The van der Waals surface area contributed by atoms with Crippen molar-refractivity contribution in [2.75, 3.05) is 17.7 Å². The average Bonchev–Trinajstić information content (AvgIpc) is 2.36. The second-order valence-corrected chi connectivity index (χ2v) is 5.25. The van der Waals surface area contributed by atoms with E-state index < -0.39 is 0 Å². The van der Waals surface area contributed by atoms with Crippen molar-refractivity contribution in [3.63, 3.8) is 0 Å². The fourth-order valence-electron chi connectivity index (χ4n) is 2.41. The van der Waals surface area contributed by atoms with Gasteiger partial charge in [0.25, 0.3) is 5.91 Å². The van der Waals surface area contributed by atoms with Crippen molar-refractivity contribution in [2.45, 2.75) is 20.8 Å². The van der Waals surface area contributed by atoms with Crippen LogP contribution in [-0.2, 0) is 0 Å². The summed E-state index contributed by atoms with van der Waals surface area (Å²) in [6.45, 7) is 5.95. The van der Waals surface area contributed by atoms with Gasteiger partial charge in [0, 0.05) is 18.4 Å². The van der Waals surface area contributed by atoms with Crippen molar-refractivity contribution in [1.29, 1.82) is 0 Å². The van der Waals surface area contributed by atoms with Crippen molar-refractivity contribution < 1.29 is 4.79 Å². The summed E-state index contributed by atoms with van der Waals surface area (Å²) in [5, 5.41) is 0. The number of hydrogen-bond donors (Lipinski definition) is 1. The molecule has 3 nitrogen and oxygen atoms in total. The summed E-state index contributed by atoms with van der Waals surface area (Å²) in [6.07, 6.45) is 0. The second-order valence-electron chi connectivity index (χ2n) is 5.25. The molecule has 0 spiro atoms. The quantitative estimate of drug-likeness (QED) is 0.848. The highest BCUT2D eigenvalue weighted by Crippen LogP contribution is 2.23. The van der Waals surface area contributed by atoms with E-state index in [0.717, 1.165) is 22.4 Å². The molecule has 20 heavy (non-hydrogen) atoms. The predicted octanol–water partition coefficient (Wildman–Crippen LogP) is 3.47. The summed E-state index contributed by atoms with van der Waals surface area (Å²) >= 11 is 0. The molecule has 2 aromatic carbocycles. The smallest absolute Gasteiger partial charge is 0.260 e. The number of anilines is 2. The number of rotatable bonds is 2. The van der Waals surface area contributed by atoms with Crippen molar-refractivity contribution in [2.24, 2.45) is 0 Å². The van der Waals surface area contributed by atoms with E-state index in [4.69, 9.17) is 5.73 Å². The Morgan fingerprint density at radius 2 is 1.65 bits per heavy atom. The third kappa shape index (κ3) is 2.67. The van der Waals surface area contributed by atoms with E-state index in [1.54, 1.807) is 18.0 Å². The van der Waals surface area contributed by atoms with Gasteiger partial charge in [-0.2, -0.15) is 0 Å². The molecule has 0 heterocycles. The molecule has 0 saturated heterocycles. The third-order valence-electron chi connectivity index (χ3n) is 3.42. The van der Waals surface area contributed by atoms with E-state index in [1.165, 1.54) is 0 Å². The first-order valence-electron chi connectivity index (χ1n) is 6.61. The number of benzene rings is 2. The summed E-state index contributed by atoms with van der Waals surface area (Å²) in [6, 6.07) is 11.6. The highest BCUT2D eigenvalue weighted by Gasteiger charge is 2.18. The maximum absolute atomic E-state index is 12.7. The average molecular weight is 268 g/mol. The number of hydrogen-bond acceptors (Lipinski definition) is 2. The number of aryl methyl sites for hydroxylation is 3. The van der Waals surface area contributed by atoms with Crippen molar-refractivity contribution >= 4 is 17.3 Å². The molecule has 104 valence electrons. The van der Waals surface area contributed by atoms with Gasteiger partial charge < -0.3 is 10.6 Å². The molecule has 0 saturated carbocycles. The first-order chi connectivity index (χ1) is 9.40. The number of nitrogen functional groups attached to an aromatic ring is 1. The number of nitrogens with two attached hydrogens (primary N) is 1. The summed E-state index contributed by atoms with van der Waals surface area (Å²) in [7, 11) is 1.78. The lowest BCUT2D eigenvalue weighted by Crippen LogP contribution is -2.28. The van der Waals surface area contributed by atoms with Crippen LogP contribution in [0, 0.1) is 20.8 Å². The van der Waals surface area contributed by atoms with Crippen LogP contribution in [0.15, 0.2) is 36.4 Å². The van der Waals surface area contributed by atoms with E-state index in [2.05, 4.69) is 6.07 Å². The molecule has 0 aliphatic heterocycles. The minimum Gasteiger partial charge on any atom is -0.398 e. The molecule has 0 unspecified atom stereocenters. The van der Waals surface area contributed by atoms with Crippen LogP contribution < -0.4 is 10.6 Å². The van der Waals surface area contributed by atoms with Crippen LogP contribution in [0.3, 0.4) is 0 Å². The van der Waals surface area contributed by atoms with Gasteiger partial charge in [-0.25, -0.2) is 0 Å². The first kappa shape index (κ1) is 14.1. The zero-order chi connectivity index (χ0) is 14.9. The van der Waals surface area contributed by atoms with Crippen LogP contribution in [0.2, 0.25) is 0 Å². The van der Waals surface area contributed by atoms with E-state index >= 15 is 0 Å². The van der Waals surface area contributed by atoms with Crippen LogP contribution >= 0.6 is 0 Å². The lowest BCUT2D eigenvalue weighted by Gasteiger charge is -2.20. The lowest BCUT2D eigenvalue weighted by atomic mass is 10.0. The number of amides is 1. The van der Waals surface area contributed by atoms with Crippen LogP contribution in [-0.4, -0.2) is 13.0 Å². The van der Waals surface area contributed by atoms with Crippen molar-refractivity contribution in [1.82, 2.24) is 0 Å². The minimum atomic E-state index is -0.0781. The molecule has 0 fully saturated rings. The van der Waals surface area contributed by atoms with E-state index in [1.807, 2.05) is 45.0 Å². The molecule has 2 N–H and O–H groups in total. The van der Waals surface area contributed by atoms with Crippen molar-refractivity contribution in [3.05, 3.63) is 58.7 Å². The summed E-state index contributed by atoms with van der Waals surface area (Å²) < 4.78 is 0. The molecule has 0 aliphatic carbocycles. The summed E-state index contributed by atoms with van der Waals surface area (Å²) in [5.41, 5.74) is 11.1. The Bertz CT molecular complexity index is 622. The molecule has 1 amide bonds. The van der Waals surface area contributed by atoms with Crippen LogP contribution in [0.4, 0.5) is 11.4 Å². The molecule has 0 bridgehead atoms. The van der Waals surface area contributed by atoms with Crippen molar-refractivity contribution in [3.8, 4) is 0 Å². The van der Waals surface area contributed by atoms with Gasteiger partial charge in [-0.05, 0) is 55.7 Å². The van der Waals surface area contributed by atoms with Gasteiger partial charge in [0.1, 0.15) is 0 Å². The van der Waals surface area contributed by atoms with E-state index in [0.29, 0.717) is 11.3 Å². The van der Waals surface area contributed by atoms with Crippen LogP contribution in [0.5, 0.6) is 0 Å². The predicted molar refractivity (Wildman–Crippen MR) is 84.2 cm³/mol. The number of carbonyl (C=O) groups excluding carboxylic acids is 1. The Labute approximate surface area is 120 Å². The van der Waals surface area contributed by atoms with E-state index in [9.17, 15) is 4.79 Å². The molecule has 2 aromatic rings. The maximum Gasteiger partial charge on any atom is 0.260 e. The number of nitrogens with zero attached hydrogens (tertiary/aromatic N) is 1. The zero-order valence-corrected chi connectivity index (χ0v) is 12.4. The fraction of sp³-hybridized carbons (Fsp3) is 0.235. The zero-order valence-electron chi connectivity index (χ0n) is 12.4. The fourth-order valence-corrected chi connectivity index (χ4v) is 2.41.